The maximum atomic E-state index is 11.4. The van der Waals surface area contributed by atoms with Crippen molar-refractivity contribution in [3.05, 3.63) is 11.3 Å². The van der Waals surface area contributed by atoms with Crippen molar-refractivity contribution in [2.24, 2.45) is 0 Å². The molecule has 0 aromatic carbocycles. The van der Waals surface area contributed by atoms with Crippen molar-refractivity contribution < 1.29 is 4.79 Å². The molecule has 0 unspecified atom stereocenters. The number of nitrogens with one attached hydrogen (secondary N) is 1. The lowest BCUT2D eigenvalue weighted by atomic mass is 10.4. The van der Waals surface area contributed by atoms with Crippen LogP contribution >= 0.6 is 11.6 Å². The first kappa shape index (κ1) is 10.9. The Bertz CT molecular complexity index is 411. The second-order valence-electron chi connectivity index (χ2n) is 3.52. The van der Waals surface area contributed by atoms with Crippen molar-refractivity contribution in [3.63, 3.8) is 0 Å². The Morgan fingerprint density at radius 1 is 1.50 bits per heavy atom. The van der Waals surface area contributed by atoms with Crippen LogP contribution in [-0.2, 0) is 4.79 Å². The SMILES string of the molecule is Nc1ncnc(N2CCCNC(=O)C2)c1Cl. The number of nitrogens with two attached hydrogens (primary N) is 1. The summed E-state index contributed by atoms with van der Waals surface area (Å²) >= 11 is 6.00. The summed E-state index contributed by atoms with van der Waals surface area (Å²) in [6.45, 7) is 1.64. The molecular formula is C9H12ClN5O. The molecule has 16 heavy (non-hydrogen) atoms. The molecule has 1 saturated heterocycles. The molecular weight excluding hydrogens is 230 g/mol. The third kappa shape index (κ3) is 2.16. The van der Waals surface area contributed by atoms with Gasteiger partial charge in [-0.1, -0.05) is 11.6 Å². The van der Waals surface area contributed by atoms with Gasteiger partial charge in [0.2, 0.25) is 5.91 Å². The molecule has 2 rings (SSSR count). The highest BCUT2D eigenvalue weighted by Crippen LogP contribution is 2.27. The molecule has 0 bridgehead atoms. The zero-order valence-electron chi connectivity index (χ0n) is 8.61. The fourth-order valence-electron chi connectivity index (χ4n) is 1.58. The normalized spacial score (nSPS) is 16.8. The Labute approximate surface area is 97.8 Å². The van der Waals surface area contributed by atoms with E-state index in [0.717, 1.165) is 13.0 Å². The van der Waals surface area contributed by atoms with Gasteiger partial charge in [-0.3, -0.25) is 4.79 Å². The Kier molecular flexibility index (Phi) is 3.09. The van der Waals surface area contributed by atoms with E-state index in [1.807, 2.05) is 4.90 Å². The molecule has 2 heterocycles. The third-order valence-corrected chi connectivity index (χ3v) is 2.72. The lowest BCUT2D eigenvalue weighted by molar-refractivity contribution is -0.119. The van der Waals surface area contributed by atoms with Gasteiger partial charge in [-0.05, 0) is 6.42 Å². The monoisotopic (exact) mass is 241 g/mol. The van der Waals surface area contributed by atoms with Crippen LogP contribution in [0.1, 0.15) is 6.42 Å². The van der Waals surface area contributed by atoms with E-state index in [1.54, 1.807) is 0 Å². The third-order valence-electron chi connectivity index (χ3n) is 2.36. The van der Waals surface area contributed by atoms with E-state index in [9.17, 15) is 4.79 Å². The average Bonchev–Trinajstić information content (AvgIpc) is 2.47. The maximum absolute atomic E-state index is 11.4. The van der Waals surface area contributed by atoms with Crippen molar-refractivity contribution in [2.45, 2.75) is 6.42 Å². The molecule has 0 aliphatic carbocycles. The predicted octanol–water partition coefficient (Wildman–Crippen LogP) is 0.0385. The number of nitrogens with zero attached hydrogens (tertiary/aromatic N) is 3. The van der Waals surface area contributed by atoms with E-state index in [0.29, 0.717) is 17.4 Å². The zero-order valence-corrected chi connectivity index (χ0v) is 9.37. The molecule has 6 nitrogen and oxygen atoms in total. The van der Waals surface area contributed by atoms with E-state index in [-0.39, 0.29) is 18.3 Å². The maximum Gasteiger partial charge on any atom is 0.239 e. The summed E-state index contributed by atoms with van der Waals surface area (Å²) in [4.78, 5) is 21.0. The van der Waals surface area contributed by atoms with Crippen molar-refractivity contribution in [2.75, 3.05) is 30.3 Å². The van der Waals surface area contributed by atoms with Gasteiger partial charge in [-0.15, -0.1) is 0 Å². The van der Waals surface area contributed by atoms with Crippen LogP contribution in [-0.4, -0.2) is 35.5 Å². The Morgan fingerprint density at radius 2 is 2.31 bits per heavy atom. The predicted molar refractivity (Wildman–Crippen MR) is 61.3 cm³/mol. The highest BCUT2D eigenvalue weighted by Gasteiger charge is 2.19. The quantitative estimate of drug-likeness (QED) is 0.725. The molecule has 1 aliphatic rings. The highest BCUT2D eigenvalue weighted by atomic mass is 35.5. The molecule has 7 heteroatoms. The average molecular weight is 242 g/mol. The minimum Gasteiger partial charge on any atom is -0.382 e. The van der Waals surface area contributed by atoms with Gasteiger partial charge in [-0.2, -0.15) is 0 Å². The molecule has 0 saturated carbocycles. The molecule has 86 valence electrons. The van der Waals surface area contributed by atoms with E-state index < -0.39 is 0 Å². The number of aromatic nitrogens is 2. The lowest BCUT2D eigenvalue weighted by Crippen LogP contribution is -2.33. The summed E-state index contributed by atoms with van der Waals surface area (Å²) in [5.41, 5.74) is 5.59. The number of rotatable bonds is 1. The second kappa shape index (κ2) is 4.52. The highest BCUT2D eigenvalue weighted by molar-refractivity contribution is 6.35. The van der Waals surface area contributed by atoms with Gasteiger partial charge in [-0.25, -0.2) is 9.97 Å². The van der Waals surface area contributed by atoms with Crippen LogP contribution in [0.4, 0.5) is 11.6 Å². The first-order valence-corrected chi connectivity index (χ1v) is 5.34. The van der Waals surface area contributed by atoms with Gasteiger partial charge in [0, 0.05) is 13.1 Å². The van der Waals surface area contributed by atoms with Gasteiger partial charge in [0.05, 0.1) is 6.54 Å². The second-order valence-corrected chi connectivity index (χ2v) is 3.90. The number of hydrogen-bond donors (Lipinski definition) is 2. The Morgan fingerprint density at radius 3 is 3.12 bits per heavy atom. The molecule has 1 aliphatic heterocycles. The van der Waals surface area contributed by atoms with E-state index in [1.165, 1.54) is 6.33 Å². The van der Waals surface area contributed by atoms with Crippen LogP contribution in [0.25, 0.3) is 0 Å². The smallest absolute Gasteiger partial charge is 0.239 e. The fourth-order valence-corrected chi connectivity index (χ4v) is 1.80. The van der Waals surface area contributed by atoms with Gasteiger partial charge >= 0.3 is 0 Å². The van der Waals surface area contributed by atoms with E-state index in [2.05, 4.69) is 15.3 Å². The summed E-state index contributed by atoms with van der Waals surface area (Å²) in [5.74, 6) is 0.716. The first-order valence-electron chi connectivity index (χ1n) is 4.96. The topological polar surface area (TPSA) is 84.1 Å². The van der Waals surface area contributed by atoms with Crippen molar-refractivity contribution in [1.82, 2.24) is 15.3 Å². The minimum absolute atomic E-state index is 0.0363. The number of nitrogen functional groups attached to an aromatic ring is 1. The van der Waals surface area contributed by atoms with Gasteiger partial charge < -0.3 is 16.0 Å². The molecule has 0 spiro atoms. The van der Waals surface area contributed by atoms with Gasteiger partial charge in [0.15, 0.2) is 5.82 Å². The van der Waals surface area contributed by atoms with Crippen LogP contribution in [0.3, 0.4) is 0 Å². The van der Waals surface area contributed by atoms with Crippen LogP contribution in [0.5, 0.6) is 0 Å². The summed E-state index contributed by atoms with van der Waals surface area (Å²) in [6, 6.07) is 0. The van der Waals surface area contributed by atoms with Crippen molar-refractivity contribution in [1.29, 1.82) is 0 Å². The van der Waals surface area contributed by atoms with Gasteiger partial charge in [0.1, 0.15) is 17.2 Å². The van der Waals surface area contributed by atoms with Crippen LogP contribution in [0, 0.1) is 0 Å². The number of carbonyl (C=O) groups excluding carboxylic acids is 1. The summed E-state index contributed by atoms with van der Waals surface area (Å²) < 4.78 is 0. The van der Waals surface area contributed by atoms with E-state index in [4.69, 9.17) is 17.3 Å². The molecule has 1 amide bonds. The Hall–Kier alpha value is -1.56. The van der Waals surface area contributed by atoms with Crippen LogP contribution in [0.2, 0.25) is 5.02 Å². The lowest BCUT2D eigenvalue weighted by Gasteiger charge is -2.21. The molecule has 3 N–H and O–H groups in total. The standard InChI is InChI=1S/C9H12ClN5O/c10-7-8(11)13-5-14-9(7)15-3-1-2-12-6(16)4-15/h5H,1-4H2,(H,12,16)(H2,11,13,14). The molecule has 1 aromatic rings. The summed E-state index contributed by atoms with van der Waals surface area (Å²) in [7, 11) is 0. The minimum atomic E-state index is -0.0363. The summed E-state index contributed by atoms with van der Waals surface area (Å²) in [6.07, 6.45) is 2.20. The first-order chi connectivity index (χ1) is 7.68. The van der Waals surface area contributed by atoms with Crippen molar-refractivity contribution >= 4 is 29.1 Å². The van der Waals surface area contributed by atoms with Crippen LogP contribution < -0.4 is 16.0 Å². The van der Waals surface area contributed by atoms with E-state index >= 15 is 0 Å². The molecule has 1 fully saturated rings. The number of halogens is 1. The number of carbonyl (C=O) groups is 1. The molecule has 0 atom stereocenters. The Balaban J connectivity index is 2.28. The zero-order chi connectivity index (χ0) is 11.5. The number of hydrogen-bond acceptors (Lipinski definition) is 5. The molecule has 1 aromatic heterocycles. The van der Waals surface area contributed by atoms with Crippen LogP contribution in [0.15, 0.2) is 6.33 Å². The fraction of sp³-hybridized carbons (Fsp3) is 0.444. The number of anilines is 2. The summed E-state index contributed by atoms with van der Waals surface area (Å²) in [5, 5.41) is 3.08. The van der Waals surface area contributed by atoms with Crippen molar-refractivity contribution in [3.8, 4) is 0 Å². The number of amides is 1. The van der Waals surface area contributed by atoms with Gasteiger partial charge in [0.25, 0.3) is 0 Å². The molecule has 0 radical (unpaired) electrons. The largest absolute Gasteiger partial charge is 0.382 e.